The number of anilines is 1. The zero-order chi connectivity index (χ0) is 17.8. The second-order valence-electron chi connectivity index (χ2n) is 5.37. The van der Waals surface area contributed by atoms with E-state index < -0.39 is 12.1 Å². The lowest BCUT2D eigenvalue weighted by molar-refractivity contribution is -0.125. The van der Waals surface area contributed by atoms with Gasteiger partial charge in [0.25, 0.3) is 5.91 Å². The first-order valence-electron chi connectivity index (χ1n) is 7.55. The summed E-state index contributed by atoms with van der Waals surface area (Å²) >= 11 is 3.41. The van der Waals surface area contributed by atoms with Gasteiger partial charge in [-0.15, -0.1) is 0 Å². The average molecular weight is 403 g/mol. The van der Waals surface area contributed by atoms with Gasteiger partial charge in [-0.2, -0.15) is 0 Å². The molecule has 0 radical (unpaired) electrons. The molecule has 0 unspecified atom stereocenters. The molecule has 6 nitrogen and oxygen atoms in total. The molecule has 0 saturated carbocycles. The van der Waals surface area contributed by atoms with Crippen LogP contribution in [0, 0.1) is 0 Å². The lowest BCUT2D eigenvalue weighted by Gasteiger charge is -2.12. The van der Waals surface area contributed by atoms with Gasteiger partial charge in [0.1, 0.15) is 0 Å². The van der Waals surface area contributed by atoms with Crippen LogP contribution < -0.4 is 5.32 Å². The molecule has 1 amide bonds. The number of methoxy groups -OCH3 is 1. The van der Waals surface area contributed by atoms with E-state index in [-0.39, 0.29) is 11.5 Å². The van der Waals surface area contributed by atoms with Crippen LogP contribution >= 0.6 is 15.9 Å². The van der Waals surface area contributed by atoms with Gasteiger partial charge < -0.3 is 14.9 Å². The maximum Gasteiger partial charge on any atom is 0.339 e. The van der Waals surface area contributed by atoms with Crippen molar-refractivity contribution in [1.29, 1.82) is 0 Å². The number of carbonyl (C=O) groups excluding carboxylic acids is 2. The van der Waals surface area contributed by atoms with Crippen LogP contribution in [0.5, 0.6) is 0 Å². The van der Waals surface area contributed by atoms with Crippen molar-refractivity contribution in [2.75, 3.05) is 12.4 Å². The molecule has 128 valence electrons. The van der Waals surface area contributed by atoms with Gasteiger partial charge in [0, 0.05) is 16.5 Å². The molecule has 0 spiro atoms. The molecule has 0 aromatic heterocycles. The summed E-state index contributed by atoms with van der Waals surface area (Å²) in [6, 6.07) is 14.3. The molecule has 3 rings (SSSR count). The largest absolute Gasteiger partial charge is 0.465 e. The molecular weight excluding hydrogens is 388 g/mol. The number of esters is 1. The third-order valence-corrected chi connectivity index (χ3v) is 4.20. The number of nitrogens with zero attached hydrogens (tertiary/aromatic N) is 1. The molecule has 7 heteroatoms. The number of para-hydroxylation sites is 1. The van der Waals surface area contributed by atoms with Crippen LogP contribution in [0.15, 0.2) is 58.2 Å². The number of hydrogen-bond donors (Lipinski definition) is 1. The smallest absolute Gasteiger partial charge is 0.339 e. The third kappa shape index (κ3) is 3.88. The summed E-state index contributed by atoms with van der Waals surface area (Å²) in [5.74, 6) is -0.889. The van der Waals surface area contributed by atoms with Gasteiger partial charge in [-0.25, -0.2) is 4.79 Å². The number of halogens is 1. The summed E-state index contributed by atoms with van der Waals surface area (Å²) in [6.45, 7) is 0. The van der Waals surface area contributed by atoms with Gasteiger partial charge in [0.15, 0.2) is 0 Å². The van der Waals surface area contributed by atoms with Gasteiger partial charge >= 0.3 is 5.97 Å². The number of benzene rings is 2. The number of amides is 1. The van der Waals surface area contributed by atoms with Crippen LogP contribution in [-0.4, -0.2) is 30.8 Å². The first kappa shape index (κ1) is 17.2. The van der Waals surface area contributed by atoms with Gasteiger partial charge in [-0.1, -0.05) is 45.4 Å². The number of rotatable bonds is 4. The lowest BCUT2D eigenvalue weighted by atomic mass is 10.0. The maximum atomic E-state index is 12.5. The quantitative estimate of drug-likeness (QED) is 0.795. The molecule has 0 aliphatic carbocycles. The fraction of sp³-hybridized carbons (Fsp3) is 0.167. The standard InChI is InChI=1S/C18H15BrN2O4/c1-24-18(23)13-7-2-3-8-14(13)20-17(22)16-10-15(21-25-16)11-5-4-6-12(19)9-11/h2-9,16H,10H2,1H3,(H,20,22)/t16-/m1/s1. The second-order valence-corrected chi connectivity index (χ2v) is 6.29. The molecule has 1 heterocycles. The molecule has 1 atom stereocenters. The Labute approximate surface area is 152 Å². The van der Waals surface area contributed by atoms with Gasteiger partial charge in [-0.05, 0) is 24.3 Å². The van der Waals surface area contributed by atoms with E-state index in [2.05, 4.69) is 26.4 Å². The monoisotopic (exact) mass is 402 g/mol. The van der Waals surface area contributed by atoms with Crippen molar-refractivity contribution < 1.29 is 19.2 Å². The maximum absolute atomic E-state index is 12.5. The van der Waals surface area contributed by atoms with Crippen LogP contribution in [0.2, 0.25) is 0 Å². The molecule has 1 aliphatic heterocycles. The lowest BCUT2D eigenvalue weighted by Crippen LogP contribution is -2.28. The van der Waals surface area contributed by atoms with E-state index in [1.54, 1.807) is 24.3 Å². The fourth-order valence-corrected chi connectivity index (χ4v) is 2.85. The number of nitrogens with one attached hydrogen (secondary N) is 1. The first-order chi connectivity index (χ1) is 12.1. The van der Waals surface area contributed by atoms with E-state index in [1.807, 2.05) is 24.3 Å². The molecule has 2 aromatic rings. The highest BCUT2D eigenvalue weighted by atomic mass is 79.9. The van der Waals surface area contributed by atoms with Crippen molar-refractivity contribution in [3.05, 3.63) is 64.1 Å². The highest BCUT2D eigenvalue weighted by Crippen LogP contribution is 2.22. The Morgan fingerprint density at radius 2 is 2.04 bits per heavy atom. The molecule has 0 saturated heterocycles. The molecule has 25 heavy (non-hydrogen) atoms. The average Bonchev–Trinajstić information content (AvgIpc) is 3.12. The predicted octanol–water partition coefficient (Wildman–Crippen LogP) is 3.37. The Morgan fingerprint density at radius 3 is 2.80 bits per heavy atom. The summed E-state index contributed by atoms with van der Waals surface area (Å²) in [7, 11) is 1.29. The van der Waals surface area contributed by atoms with Crippen LogP contribution in [0.1, 0.15) is 22.3 Å². The second kappa shape index (κ2) is 7.48. The predicted molar refractivity (Wildman–Crippen MR) is 96.6 cm³/mol. The Balaban J connectivity index is 1.69. The van der Waals surface area contributed by atoms with Gasteiger partial charge in [-0.3, -0.25) is 4.79 Å². The van der Waals surface area contributed by atoms with E-state index in [0.717, 1.165) is 10.0 Å². The fourth-order valence-electron chi connectivity index (χ4n) is 2.45. The zero-order valence-corrected chi connectivity index (χ0v) is 14.9. The first-order valence-corrected chi connectivity index (χ1v) is 8.34. The topological polar surface area (TPSA) is 77.0 Å². The van der Waals surface area contributed by atoms with Crippen molar-refractivity contribution in [2.24, 2.45) is 5.16 Å². The Hall–Kier alpha value is -2.67. The van der Waals surface area contributed by atoms with Crippen molar-refractivity contribution in [2.45, 2.75) is 12.5 Å². The SMILES string of the molecule is COC(=O)c1ccccc1NC(=O)[C@H]1CC(c2cccc(Br)c2)=NO1. The minimum absolute atomic E-state index is 0.282. The highest BCUT2D eigenvalue weighted by Gasteiger charge is 2.29. The number of carbonyl (C=O) groups is 2. The van der Waals surface area contributed by atoms with E-state index in [4.69, 9.17) is 9.57 Å². The van der Waals surface area contributed by atoms with Crippen LogP contribution in [-0.2, 0) is 14.4 Å². The van der Waals surface area contributed by atoms with E-state index in [0.29, 0.717) is 17.8 Å². The zero-order valence-electron chi connectivity index (χ0n) is 13.4. The van der Waals surface area contributed by atoms with Gasteiger partial charge in [0.05, 0.1) is 24.1 Å². The Morgan fingerprint density at radius 1 is 1.24 bits per heavy atom. The van der Waals surface area contributed by atoms with Crippen molar-refractivity contribution in [3.8, 4) is 0 Å². The summed E-state index contributed by atoms with van der Waals surface area (Å²) in [5.41, 5.74) is 2.24. The molecule has 0 fully saturated rings. The van der Waals surface area contributed by atoms with Crippen molar-refractivity contribution in [3.63, 3.8) is 0 Å². The van der Waals surface area contributed by atoms with E-state index in [9.17, 15) is 9.59 Å². The normalized spacial score (nSPS) is 15.9. The highest BCUT2D eigenvalue weighted by molar-refractivity contribution is 9.10. The minimum Gasteiger partial charge on any atom is -0.465 e. The molecule has 1 aliphatic rings. The third-order valence-electron chi connectivity index (χ3n) is 3.71. The van der Waals surface area contributed by atoms with E-state index >= 15 is 0 Å². The van der Waals surface area contributed by atoms with E-state index in [1.165, 1.54) is 7.11 Å². The molecule has 2 aromatic carbocycles. The Bertz CT molecular complexity index is 850. The van der Waals surface area contributed by atoms with Crippen LogP contribution in [0.4, 0.5) is 5.69 Å². The van der Waals surface area contributed by atoms with Crippen molar-refractivity contribution >= 4 is 39.2 Å². The summed E-state index contributed by atoms with van der Waals surface area (Å²) < 4.78 is 5.65. The molecule has 0 bridgehead atoms. The van der Waals surface area contributed by atoms with Crippen LogP contribution in [0.3, 0.4) is 0 Å². The summed E-state index contributed by atoms with van der Waals surface area (Å²) in [4.78, 5) is 29.5. The number of ether oxygens (including phenoxy) is 1. The van der Waals surface area contributed by atoms with Crippen molar-refractivity contribution in [1.82, 2.24) is 0 Å². The molecule has 1 N–H and O–H groups in total. The number of oxime groups is 1. The number of hydrogen-bond acceptors (Lipinski definition) is 5. The minimum atomic E-state index is -0.750. The summed E-state index contributed by atoms with van der Waals surface area (Å²) in [5, 5.41) is 6.71. The Kier molecular flexibility index (Phi) is 5.14. The van der Waals surface area contributed by atoms with Crippen LogP contribution in [0.25, 0.3) is 0 Å². The van der Waals surface area contributed by atoms with Gasteiger partial charge in [0.2, 0.25) is 6.10 Å². The molecular formula is C18H15BrN2O4. The summed E-state index contributed by atoms with van der Waals surface area (Å²) in [6.07, 6.45) is -0.400.